The first-order chi connectivity index (χ1) is 11.2. The van der Waals surface area contributed by atoms with Crippen LogP contribution in [-0.2, 0) is 6.42 Å². The predicted molar refractivity (Wildman–Crippen MR) is 92.3 cm³/mol. The van der Waals surface area contributed by atoms with Gasteiger partial charge >= 0.3 is 0 Å². The maximum atomic E-state index is 9.10. The Balaban J connectivity index is 2.06. The third-order valence-corrected chi connectivity index (χ3v) is 4.45. The first-order valence-electron chi connectivity index (χ1n) is 7.75. The van der Waals surface area contributed by atoms with E-state index in [-0.39, 0.29) is 0 Å². The minimum Gasteiger partial charge on any atom is -0.456 e. The largest absolute Gasteiger partial charge is 0.456 e. The Bertz CT molecular complexity index is 1080. The van der Waals surface area contributed by atoms with Gasteiger partial charge in [0.2, 0.25) is 0 Å². The van der Waals surface area contributed by atoms with Crippen LogP contribution in [-0.4, -0.2) is 4.98 Å². The summed E-state index contributed by atoms with van der Waals surface area (Å²) in [5.74, 6) is 0.905. The van der Waals surface area contributed by atoms with Gasteiger partial charge in [-0.05, 0) is 43.2 Å². The molecule has 2 heterocycles. The second kappa shape index (κ2) is 5.03. The number of benzene rings is 2. The quantitative estimate of drug-likeness (QED) is 0.544. The highest BCUT2D eigenvalue weighted by Gasteiger charge is 2.17. The molecule has 3 heteroatoms. The van der Waals surface area contributed by atoms with Crippen molar-refractivity contribution in [2.45, 2.75) is 20.3 Å². The number of aryl methyl sites for hydroxylation is 2. The molecule has 0 atom stereocenters. The van der Waals surface area contributed by atoms with Gasteiger partial charge in [-0.2, -0.15) is 5.26 Å². The minimum absolute atomic E-state index is 0.621. The van der Waals surface area contributed by atoms with Gasteiger partial charge in [-0.25, -0.2) is 0 Å². The maximum absolute atomic E-state index is 9.10. The van der Waals surface area contributed by atoms with Gasteiger partial charge in [0.05, 0.1) is 11.6 Å². The molecule has 0 spiro atoms. The van der Waals surface area contributed by atoms with Crippen molar-refractivity contribution >= 4 is 21.9 Å². The Kier molecular flexibility index (Phi) is 2.99. The lowest BCUT2D eigenvalue weighted by Crippen LogP contribution is -1.85. The SMILES string of the molecule is CCc1c(-c2ccc(C)c3[nH]ccc23)oc2cc(C#N)ccc12. The van der Waals surface area contributed by atoms with Crippen LogP contribution in [0.25, 0.3) is 33.2 Å². The molecule has 0 saturated heterocycles. The summed E-state index contributed by atoms with van der Waals surface area (Å²) < 4.78 is 6.17. The number of aromatic amines is 1. The molecule has 112 valence electrons. The molecule has 0 fully saturated rings. The van der Waals surface area contributed by atoms with Crippen LogP contribution in [0.2, 0.25) is 0 Å². The summed E-state index contributed by atoms with van der Waals surface area (Å²) >= 11 is 0. The standard InChI is InChI=1S/C20H16N2O/c1-3-14-15-7-5-13(11-21)10-18(15)23-20(14)17-6-4-12(2)19-16(17)8-9-22-19/h4-10,22H,3H2,1-2H3. The molecule has 0 unspecified atom stereocenters. The third-order valence-electron chi connectivity index (χ3n) is 4.45. The second-order valence-electron chi connectivity index (χ2n) is 5.78. The summed E-state index contributed by atoms with van der Waals surface area (Å²) in [6.45, 7) is 4.23. The van der Waals surface area contributed by atoms with Crippen molar-refractivity contribution in [3.8, 4) is 17.4 Å². The fraction of sp³-hybridized carbons (Fsp3) is 0.150. The Morgan fingerprint density at radius 1 is 1.13 bits per heavy atom. The molecule has 4 rings (SSSR count). The summed E-state index contributed by atoms with van der Waals surface area (Å²) in [7, 11) is 0. The zero-order chi connectivity index (χ0) is 16.0. The average Bonchev–Trinajstić information content (AvgIpc) is 3.19. The van der Waals surface area contributed by atoms with Crippen molar-refractivity contribution in [1.29, 1.82) is 5.26 Å². The molecule has 0 bridgehead atoms. The highest BCUT2D eigenvalue weighted by Crippen LogP contribution is 2.38. The van der Waals surface area contributed by atoms with Gasteiger partial charge in [0.1, 0.15) is 11.3 Å². The van der Waals surface area contributed by atoms with E-state index in [0.29, 0.717) is 5.56 Å². The molecule has 1 N–H and O–H groups in total. The number of hydrogen-bond acceptors (Lipinski definition) is 2. The van der Waals surface area contributed by atoms with Crippen molar-refractivity contribution in [1.82, 2.24) is 4.98 Å². The lowest BCUT2D eigenvalue weighted by atomic mass is 9.99. The van der Waals surface area contributed by atoms with Crippen LogP contribution in [0.15, 0.2) is 47.0 Å². The van der Waals surface area contributed by atoms with E-state index in [1.54, 1.807) is 0 Å². The molecule has 2 aromatic carbocycles. The van der Waals surface area contributed by atoms with E-state index in [1.165, 1.54) is 16.5 Å². The smallest absolute Gasteiger partial charge is 0.139 e. The van der Waals surface area contributed by atoms with Gasteiger partial charge < -0.3 is 9.40 Å². The monoisotopic (exact) mass is 300 g/mol. The maximum Gasteiger partial charge on any atom is 0.139 e. The number of H-pyrrole nitrogens is 1. The summed E-state index contributed by atoms with van der Waals surface area (Å²) in [5.41, 5.74) is 6.04. The van der Waals surface area contributed by atoms with Crippen molar-refractivity contribution in [2.75, 3.05) is 0 Å². The number of aromatic nitrogens is 1. The minimum atomic E-state index is 0.621. The first-order valence-corrected chi connectivity index (χ1v) is 7.75. The van der Waals surface area contributed by atoms with Crippen molar-refractivity contribution in [3.63, 3.8) is 0 Å². The molecule has 3 nitrogen and oxygen atoms in total. The molecule has 0 saturated carbocycles. The van der Waals surface area contributed by atoms with Gasteiger partial charge in [0, 0.05) is 33.6 Å². The van der Waals surface area contributed by atoms with Gasteiger partial charge in [-0.1, -0.05) is 19.1 Å². The van der Waals surface area contributed by atoms with Crippen LogP contribution in [0.1, 0.15) is 23.6 Å². The molecule has 2 aromatic heterocycles. The number of fused-ring (bicyclic) bond motifs is 2. The number of hydrogen-bond donors (Lipinski definition) is 1. The molecule has 0 aliphatic rings. The Hall–Kier alpha value is -2.99. The lowest BCUT2D eigenvalue weighted by Gasteiger charge is -2.05. The van der Waals surface area contributed by atoms with Crippen LogP contribution >= 0.6 is 0 Å². The van der Waals surface area contributed by atoms with E-state index in [4.69, 9.17) is 9.68 Å². The van der Waals surface area contributed by atoms with E-state index in [1.807, 2.05) is 24.4 Å². The van der Waals surface area contributed by atoms with Crippen molar-refractivity contribution < 1.29 is 4.42 Å². The first kappa shape index (κ1) is 13.7. The second-order valence-corrected chi connectivity index (χ2v) is 5.78. The molecule has 0 aliphatic carbocycles. The lowest BCUT2D eigenvalue weighted by molar-refractivity contribution is 0.628. The van der Waals surface area contributed by atoms with E-state index in [9.17, 15) is 0 Å². The van der Waals surface area contributed by atoms with Crippen molar-refractivity contribution in [3.05, 3.63) is 59.3 Å². The fourth-order valence-electron chi connectivity index (χ4n) is 3.29. The normalized spacial score (nSPS) is 11.2. The predicted octanol–water partition coefficient (Wildman–Crippen LogP) is 5.32. The third kappa shape index (κ3) is 1.96. The number of nitriles is 1. The highest BCUT2D eigenvalue weighted by atomic mass is 16.3. The summed E-state index contributed by atoms with van der Waals surface area (Å²) in [6, 6.07) is 14.2. The van der Waals surface area contributed by atoms with Crippen LogP contribution < -0.4 is 0 Å². The van der Waals surface area contributed by atoms with Crippen LogP contribution in [0.5, 0.6) is 0 Å². The number of rotatable bonds is 2. The summed E-state index contributed by atoms with van der Waals surface area (Å²) in [6.07, 6.45) is 2.84. The Morgan fingerprint density at radius 3 is 2.78 bits per heavy atom. The van der Waals surface area contributed by atoms with Crippen LogP contribution in [0.3, 0.4) is 0 Å². The summed E-state index contributed by atoms with van der Waals surface area (Å²) in [5, 5.41) is 11.4. The van der Waals surface area contributed by atoms with Gasteiger partial charge in [0.15, 0.2) is 0 Å². The molecule has 0 aliphatic heterocycles. The molecular weight excluding hydrogens is 284 g/mol. The number of nitrogens with zero attached hydrogens (tertiary/aromatic N) is 1. The van der Waals surface area contributed by atoms with Crippen molar-refractivity contribution in [2.24, 2.45) is 0 Å². The highest BCUT2D eigenvalue weighted by molar-refractivity contribution is 5.99. The molecule has 0 amide bonds. The van der Waals surface area contributed by atoms with E-state index < -0.39 is 0 Å². The summed E-state index contributed by atoms with van der Waals surface area (Å²) in [4.78, 5) is 3.30. The van der Waals surface area contributed by atoms with Gasteiger partial charge in [-0.3, -0.25) is 0 Å². The zero-order valence-electron chi connectivity index (χ0n) is 13.1. The van der Waals surface area contributed by atoms with Crippen LogP contribution in [0, 0.1) is 18.3 Å². The molecule has 4 aromatic rings. The topological polar surface area (TPSA) is 52.7 Å². The fourth-order valence-corrected chi connectivity index (χ4v) is 3.29. The van der Waals surface area contributed by atoms with E-state index >= 15 is 0 Å². The van der Waals surface area contributed by atoms with E-state index in [2.05, 4.69) is 43.1 Å². The van der Waals surface area contributed by atoms with Crippen LogP contribution in [0.4, 0.5) is 0 Å². The zero-order valence-corrected chi connectivity index (χ0v) is 13.1. The Labute approximate surface area is 134 Å². The van der Waals surface area contributed by atoms with E-state index in [0.717, 1.165) is 34.2 Å². The molecule has 23 heavy (non-hydrogen) atoms. The Morgan fingerprint density at radius 2 is 2.00 bits per heavy atom. The molecule has 0 radical (unpaired) electrons. The number of nitrogens with one attached hydrogen (secondary N) is 1. The van der Waals surface area contributed by atoms with Gasteiger partial charge in [-0.15, -0.1) is 0 Å². The molecular formula is C20H16N2O. The average molecular weight is 300 g/mol. The van der Waals surface area contributed by atoms with Gasteiger partial charge in [0.25, 0.3) is 0 Å². The number of furan rings is 1.